The predicted octanol–water partition coefficient (Wildman–Crippen LogP) is 3.09. The maximum atomic E-state index is 12.9. The molecule has 0 aliphatic rings. The Labute approximate surface area is 146 Å². The lowest BCUT2D eigenvalue weighted by Crippen LogP contribution is -2.10. The third-order valence-corrected chi connectivity index (χ3v) is 3.88. The van der Waals surface area contributed by atoms with Crippen LogP contribution in [0.3, 0.4) is 0 Å². The van der Waals surface area contributed by atoms with Gasteiger partial charge in [-0.25, -0.2) is 0 Å². The Kier molecular flexibility index (Phi) is 4.40. The van der Waals surface area contributed by atoms with Crippen LogP contribution in [0, 0.1) is 10.1 Å². The van der Waals surface area contributed by atoms with Gasteiger partial charge in [0.15, 0.2) is 0 Å². The van der Waals surface area contributed by atoms with E-state index < -0.39 is 16.3 Å². The molecule has 1 aromatic heterocycles. The van der Waals surface area contributed by atoms with Gasteiger partial charge in [-0.3, -0.25) is 19.7 Å². The van der Waals surface area contributed by atoms with Crippen molar-refractivity contribution in [2.24, 2.45) is 0 Å². The Bertz CT molecular complexity index is 1070. The van der Waals surface area contributed by atoms with E-state index in [1.807, 2.05) is 0 Å². The third-order valence-electron chi connectivity index (χ3n) is 3.88. The molecule has 0 aliphatic carbocycles. The molecule has 0 saturated heterocycles. The van der Waals surface area contributed by atoms with Crippen molar-refractivity contribution in [2.75, 3.05) is 0 Å². The summed E-state index contributed by atoms with van der Waals surface area (Å²) in [6.07, 6.45) is -0.296. The molecule has 0 bridgehead atoms. The van der Waals surface area contributed by atoms with Crippen molar-refractivity contribution in [3.05, 3.63) is 68.6 Å². The summed E-state index contributed by atoms with van der Waals surface area (Å²) in [5, 5.41) is 29.5. The molecular weight excluding hydrogens is 342 g/mol. The number of phenols is 1. The maximum Gasteiger partial charge on any atom is 0.303 e. The van der Waals surface area contributed by atoms with E-state index >= 15 is 0 Å². The van der Waals surface area contributed by atoms with Crippen LogP contribution >= 0.6 is 0 Å². The van der Waals surface area contributed by atoms with Gasteiger partial charge in [0.2, 0.25) is 5.43 Å². The number of nitro groups is 1. The van der Waals surface area contributed by atoms with Crippen molar-refractivity contribution in [2.45, 2.75) is 12.8 Å². The van der Waals surface area contributed by atoms with Crippen LogP contribution in [0.5, 0.6) is 5.75 Å². The number of carbonyl (C=O) groups is 1. The number of non-ortho nitro benzene ring substituents is 1. The predicted molar refractivity (Wildman–Crippen MR) is 92.2 cm³/mol. The second-order valence-corrected chi connectivity index (χ2v) is 5.61. The highest BCUT2D eigenvalue weighted by Gasteiger charge is 2.18. The first-order valence-electron chi connectivity index (χ1n) is 7.62. The molecule has 8 nitrogen and oxygen atoms in total. The standard InChI is InChI=1S/C18H13NO7/c20-12-5-6-13-15(9-12)26-14(7-8-16(21)22)17(18(13)23)10-1-3-11(4-2-10)19(24)25/h1-6,9,20H,7-8H2,(H,21,22). The van der Waals surface area contributed by atoms with Crippen molar-refractivity contribution >= 4 is 22.6 Å². The van der Waals surface area contributed by atoms with Crippen LogP contribution in [0.15, 0.2) is 51.7 Å². The van der Waals surface area contributed by atoms with Crippen molar-refractivity contribution in [3.63, 3.8) is 0 Å². The van der Waals surface area contributed by atoms with Crippen molar-refractivity contribution < 1.29 is 24.3 Å². The fraction of sp³-hybridized carbons (Fsp3) is 0.111. The quantitative estimate of drug-likeness (QED) is 0.531. The van der Waals surface area contributed by atoms with E-state index in [0.717, 1.165) is 0 Å². The van der Waals surface area contributed by atoms with Gasteiger partial charge in [-0.05, 0) is 29.8 Å². The summed E-state index contributed by atoms with van der Waals surface area (Å²) in [6.45, 7) is 0. The monoisotopic (exact) mass is 355 g/mol. The molecule has 8 heteroatoms. The summed E-state index contributed by atoms with van der Waals surface area (Å²) in [6, 6.07) is 9.39. The normalized spacial score (nSPS) is 10.8. The van der Waals surface area contributed by atoms with E-state index in [0.29, 0.717) is 5.56 Å². The maximum absolute atomic E-state index is 12.9. The number of carboxylic acids is 1. The van der Waals surface area contributed by atoms with Gasteiger partial charge in [0.1, 0.15) is 17.1 Å². The second-order valence-electron chi connectivity index (χ2n) is 5.61. The molecule has 0 unspecified atom stereocenters. The summed E-state index contributed by atoms with van der Waals surface area (Å²) in [5.41, 5.74) is 0.150. The molecular formula is C18H13NO7. The number of fused-ring (bicyclic) bond motifs is 1. The molecule has 0 fully saturated rings. The highest BCUT2D eigenvalue weighted by Crippen LogP contribution is 2.28. The third kappa shape index (κ3) is 3.25. The Hall–Kier alpha value is -3.68. The molecule has 0 radical (unpaired) electrons. The van der Waals surface area contributed by atoms with E-state index in [-0.39, 0.29) is 46.6 Å². The van der Waals surface area contributed by atoms with Gasteiger partial charge < -0.3 is 14.6 Å². The molecule has 0 aliphatic heterocycles. The SMILES string of the molecule is O=C(O)CCc1oc2cc(O)ccc2c(=O)c1-c1ccc([N+](=O)[O-])cc1. The summed E-state index contributed by atoms with van der Waals surface area (Å²) < 4.78 is 5.68. The number of phenolic OH excluding ortho intramolecular Hbond substituents is 1. The van der Waals surface area contributed by atoms with Gasteiger partial charge in [0.25, 0.3) is 5.69 Å². The Morgan fingerprint density at radius 2 is 1.85 bits per heavy atom. The lowest BCUT2D eigenvalue weighted by atomic mass is 9.99. The first-order valence-corrected chi connectivity index (χ1v) is 7.62. The van der Waals surface area contributed by atoms with Gasteiger partial charge in [-0.1, -0.05) is 0 Å². The largest absolute Gasteiger partial charge is 0.508 e. The topological polar surface area (TPSA) is 131 Å². The van der Waals surface area contributed by atoms with Crippen LogP contribution in [0.1, 0.15) is 12.2 Å². The smallest absolute Gasteiger partial charge is 0.303 e. The van der Waals surface area contributed by atoms with Gasteiger partial charge >= 0.3 is 5.97 Å². The molecule has 2 aromatic carbocycles. The van der Waals surface area contributed by atoms with E-state index in [4.69, 9.17) is 9.52 Å². The average molecular weight is 355 g/mol. The molecule has 0 saturated carbocycles. The lowest BCUT2D eigenvalue weighted by Gasteiger charge is -2.10. The number of aliphatic carboxylic acids is 1. The Balaban J connectivity index is 2.23. The number of nitrogens with zero attached hydrogens (tertiary/aromatic N) is 1. The van der Waals surface area contributed by atoms with Gasteiger partial charge in [-0.2, -0.15) is 0 Å². The molecule has 1 heterocycles. The van der Waals surface area contributed by atoms with Crippen molar-refractivity contribution in [1.82, 2.24) is 0 Å². The number of nitro benzene ring substituents is 1. The van der Waals surface area contributed by atoms with Crippen LogP contribution in [-0.4, -0.2) is 21.1 Å². The van der Waals surface area contributed by atoms with Crippen LogP contribution in [-0.2, 0) is 11.2 Å². The first-order chi connectivity index (χ1) is 12.4. The average Bonchev–Trinajstić information content (AvgIpc) is 2.59. The first kappa shape index (κ1) is 17.2. The minimum absolute atomic E-state index is 0.0392. The molecule has 132 valence electrons. The molecule has 0 atom stereocenters. The molecule has 26 heavy (non-hydrogen) atoms. The fourth-order valence-corrected chi connectivity index (χ4v) is 2.67. The molecule has 3 rings (SSSR count). The number of aromatic hydroxyl groups is 1. The number of carboxylic acid groups (broad SMARTS) is 1. The number of hydrogen-bond donors (Lipinski definition) is 2. The molecule has 2 N–H and O–H groups in total. The van der Waals surface area contributed by atoms with E-state index in [1.165, 1.54) is 42.5 Å². The van der Waals surface area contributed by atoms with Crippen LogP contribution in [0.2, 0.25) is 0 Å². The zero-order chi connectivity index (χ0) is 18.8. The Morgan fingerprint density at radius 3 is 2.46 bits per heavy atom. The van der Waals surface area contributed by atoms with Crippen LogP contribution in [0.25, 0.3) is 22.1 Å². The second kappa shape index (κ2) is 6.67. The molecule has 0 spiro atoms. The Morgan fingerprint density at radius 1 is 1.15 bits per heavy atom. The number of rotatable bonds is 5. The zero-order valence-electron chi connectivity index (χ0n) is 13.3. The number of aryl methyl sites for hydroxylation is 1. The van der Waals surface area contributed by atoms with Gasteiger partial charge in [-0.15, -0.1) is 0 Å². The summed E-state index contributed by atoms with van der Waals surface area (Å²) in [5.74, 6) is -1.00. The highest BCUT2D eigenvalue weighted by molar-refractivity contribution is 5.84. The zero-order valence-corrected chi connectivity index (χ0v) is 13.3. The van der Waals surface area contributed by atoms with E-state index in [9.17, 15) is 24.8 Å². The summed E-state index contributed by atoms with van der Waals surface area (Å²) in [4.78, 5) is 34.1. The van der Waals surface area contributed by atoms with Crippen LogP contribution < -0.4 is 5.43 Å². The van der Waals surface area contributed by atoms with Crippen molar-refractivity contribution in [1.29, 1.82) is 0 Å². The minimum Gasteiger partial charge on any atom is -0.508 e. The van der Waals surface area contributed by atoms with Gasteiger partial charge in [0.05, 0.1) is 22.3 Å². The minimum atomic E-state index is -1.06. The molecule has 3 aromatic rings. The number of hydrogen-bond acceptors (Lipinski definition) is 6. The fourth-order valence-electron chi connectivity index (χ4n) is 2.67. The summed E-state index contributed by atoms with van der Waals surface area (Å²) in [7, 11) is 0. The highest BCUT2D eigenvalue weighted by atomic mass is 16.6. The van der Waals surface area contributed by atoms with Crippen molar-refractivity contribution in [3.8, 4) is 16.9 Å². The van der Waals surface area contributed by atoms with E-state index in [2.05, 4.69) is 0 Å². The lowest BCUT2D eigenvalue weighted by molar-refractivity contribution is -0.384. The van der Waals surface area contributed by atoms with E-state index in [1.54, 1.807) is 0 Å². The van der Waals surface area contributed by atoms with Crippen LogP contribution in [0.4, 0.5) is 5.69 Å². The number of benzene rings is 2. The summed E-state index contributed by atoms with van der Waals surface area (Å²) >= 11 is 0. The van der Waals surface area contributed by atoms with Gasteiger partial charge in [0, 0.05) is 24.6 Å². The molecule has 0 amide bonds.